The predicted octanol–water partition coefficient (Wildman–Crippen LogP) is 2.69. The molecule has 23 heavy (non-hydrogen) atoms. The zero-order valence-corrected chi connectivity index (χ0v) is 15.3. The highest BCUT2D eigenvalue weighted by molar-refractivity contribution is 7.80. The molecule has 2 rings (SSSR count). The lowest BCUT2D eigenvalue weighted by molar-refractivity contribution is -0.139. The van der Waals surface area contributed by atoms with Gasteiger partial charge in [-0.3, -0.25) is 4.79 Å². The van der Waals surface area contributed by atoms with Crippen LogP contribution in [0.2, 0.25) is 5.02 Å². The molecular formula is C16H23ClN4OS. The lowest BCUT2D eigenvalue weighted by Gasteiger charge is -2.39. The second-order valence-corrected chi connectivity index (χ2v) is 7.53. The van der Waals surface area contributed by atoms with Gasteiger partial charge < -0.3 is 20.9 Å². The summed E-state index contributed by atoms with van der Waals surface area (Å²) in [4.78, 5) is 16.4. The first-order valence-electron chi connectivity index (χ1n) is 7.59. The number of rotatable bonds is 2. The summed E-state index contributed by atoms with van der Waals surface area (Å²) in [5.41, 5.74) is 6.86. The molecule has 0 atom stereocenters. The average Bonchev–Trinajstić information content (AvgIpc) is 2.45. The van der Waals surface area contributed by atoms with Crippen LogP contribution in [-0.2, 0) is 4.79 Å². The molecule has 0 spiro atoms. The van der Waals surface area contributed by atoms with E-state index in [4.69, 9.17) is 29.6 Å². The van der Waals surface area contributed by atoms with Gasteiger partial charge >= 0.3 is 0 Å². The standard InChI is InChI=1S/C16H23ClN4OS/c1-16(2,3)14(22)21-8-6-20(7-9-21)13-5-4-11(10-12(13)17)19-15(18)23/h4-5,10H,6-9H2,1-3H3,(H3,18,19,23). The van der Waals surface area contributed by atoms with E-state index in [1.807, 2.05) is 43.9 Å². The van der Waals surface area contributed by atoms with Gasteiger partial charge in [0.05, 0.1) is 10.7 Å². The first kappa shape index (κ1) is 17.8. The van der Waals surface area contributed by atoms with Gasteiger partial charge in [-0.2, -0.15) is 0 Å². The van der Waals surface area contributed by atoms with E-state index in [2.05, 4.69) is 10.2 Å². The number of carbonyl (C=O) groups excluding carboxylic acids is 1. The zero-order valence-electron chi connectivity index (χ0n) is 13.7. The zero-order chi connectivity index (χ0) is 17.2. The Bertz CT molecular complexity index is 607. The Morgan fingerprint density at radius 2 is 1.87 bits per heavy atom. The summed E-state index contributed by atoms with van der Waals surface area (Å²) in [6.45, 7) is 8.80. The van der Waals surface area contributed by atoms with Crippen molar-refractivity contribution in [2.75, 3.05) is 36.4 Å². The van der Waals surface area contributed by atoms with Crippen molar-refractivity contribution in [2.45, 2.75) is 20.8 Å². The van der Waals surface area contributed by atoms with E-state index in [1.54, 1.807) is 0 Å². The third-order valence-electron chi connectivity index (χ3n) is 3.76. The van der Waals surface area contributed by atoms with Gasteiger partial charge in [-0.25, -0.2) is 0 Å². The van der Waals surface area contributed by atoms with E-state index in [9.17, 15) is 4.79 Å². The molecule has 3 N–H and O–H groups in total. The Morgan fingerprint density at radius 3 is 2.35 bits per heavy atom. The molecule has 0 saturated carbocycles. The number of nitrogens with zero attached hydrogens (tertiary/aromatic N) is 2. The Kier molecular flexibility index (Phi) is 5.37. The summed E-state index contributed by atoms with van der Waals surface area (Å²) >= 11 is 11.2. The van der Waals surface area contributed by atoms with Gasteiger partial charge in [-0.1, -0.05) is 32.4 Å². The second kappa shape index (κ2) is 6.93. The van der Waals surface area contributed by atoms with Crippen LogP contribution >= 0.6 is 23.8 Å². The molecule has 1 fully saturated rings. The van der Waals surface area contributed by atoms with Crippen molar-refractivity contribution >= 4 is 46.2 Å². The number of nitrogens with two attached hydrogens (primary N) is 1. The Labute approximate surface area is 147 Å². The third-order valence-corrected chi connectivity index (χ3v) is 4.17. The molecule has 1 aromatic rings. The van der Waals surface area contributed by atoms with Crippen molar-refractivity contribution in [3.63, 3.8) is 0 Å². The Hall–Kier alpha value is -1.53. The number of piperazine rings is 1. The molecule has 0 aliphatic carbocycles. The molecule has 7 heteroatoms. The number of thiocarbonyl (C=S) groups is 1. The number of hydrogen-bond acceptors (Lipinski definition) is 3. The van der Waals surface area contributed by atoms with Crippen molar-refractivity contribution in [1.82, 2.24) is 4.90 Å². The number of benzene rings is 1. The Balaban J connectivity index is 2.03. The minimum Gasteiger partial charge on any atom is -0.376 e. The number of amides is 1. The molecule has 1 aromatic carbocycles. The summed E-state index contributed by atoms with van der Waals surface area (Å²) < 4.78 is 0. The maximum atomic E-state index is 12.3. The minimum absolute atomic E-state index is 0.194. The van der Waals surface area contributed by atoms with Crippen LogP contribution < -0.4 is 16.0 Å². The van der Waals surface area contributed by atoms with Crippen LogP contribution in [0.3, 0.4) is 0 Å². The molecule has 1 heterocycles. The van der Waals surface area contributed by atoms with Gasteiger partial charge in [0.25, 0.3) is 0 Å². The van der Waals surface area contributed by atoms with Crippen molar-refractivity contribution < 1.29 is 4.79 Å². The van der Waals surface area contributed by atoms with Gasteiger partial charge in [0, 0.05) is 37.3 Å². The number of carbonyl (C=O) groups is 1. The van der Waals surface area contributed by atoms with E-state index in [1.165, 1.54) is 0 Å². The molecule has 1 amide bonds. The summed E-state index contributed by atoms with van der Waals surface area (Å²) in [6, 6.07) is 5.65. The largest absolute Gasteiger partial charge is 0.376 e. The van der Waals surface area contributed by atoms with Crippen LogP contribution in [0.1, 0.15) is 20.8 Å². The van der Waals surface area contributed by atoms with Crippen molar-refractivity contribution in [1.29, 1.82) is 0 Å². The first-order valence-corrected chi connectivity index (χ1v) is 8.37. The quantitative estimate of drug-likeness (QED) is 0.799. The van der Waals surface area contributed by atoms with Gasteiger partial charge in [0.2, 0.25) is 5.91 Å². The van der Waals surface area contributed by atoms with Gasteiger partial charge in [0.1, 0.15) is 0 Å². The molecule has 126 valence electrons. The monoisotopic (exact) mass is 354 g/mol. The average molecular weight is 355 g/mol. The third kappa shape index (κ3) is 4.48. The summed E-state index contributed by atoms with van der Waals surface area (Å²) in [7, 11) is 0. The SMILES string of the molecule is CC(C)(C)C(=O)N1CCN(c2ccc(NC(N)=S)cc2Cl)CC1. The van der Waals surface area contributed by atoms with Crippen molar-refractivity contribution in [3.8, 4) is 0 Å². The fourth-order valence-corrected chi connectivity index (χ4v) is 3.03. The lowest BCUT2D eigenvalue weighted by Crippen LogP contribution is -2.51. The number of nitrogens with one attached hydrogen (secondary N) is 1. The number of hydrogen-bond donors (Lipinski definition) is 2. The van der Waals surface area contributed by atoms with Crippen LogP contribution in [0.15, 0.2) is 18.2 Å². The molecule has 1 saturated heterocycles. The Morgan fingerprint density at radius 1 is 1.26 bits per heavy atom. The molecule has 1 aliphatic rings. The fraction of sp³-hybridized carbons (Fsp3) is 0.500. The van der Waals surface area contributed by atoms with Crippen LogP contribution in [0, 0.1) is 5.41 Å². The maximum absolute atomic E-state index is 12.3. The molecule has 5 nitrogen and oxygen atoms in total. The highest BCUT2D eigenvalue weighted by Gasteiger charge is 2.30. The maximum Gasteiger partial charge on any atom is 0.228 e. The molecule has 0 unspecified atom stereocenters. The van der Waals surface area contributed by atoms with E-state index in [-0.39, 0.29) is 16.4 Å². The van der Waals surface area contributed by atoms with E-state index in [0.717, 1.165) is 24.5 Å². The number of halogens is 1. The van der Waals surface area contributed by atoms with Crippen molar-refractivity contribution in [3.05, 3.63) is 23.2 Å². The van der Waals surface area contributed by atoms with E-state index in [0.29, 0.717) is 18.1 Å². The predicted molar refractivity (Wildman–Crippen MR) is 100 cm³/mol. The molecule has 1 aliphatic heterocycles. The first-order chi connectivity index (χ1) is 10.7. The summed E-state index contributed by atoms with van der Waals surface area (Å²) in [6.07, 6.45) is 0. The lowest BCUT2D eigenvalue weighted by atomic mass is 9.94. The van der Waals surface area contributed by atoms with Gasteiger partial charge in [-0.15, -0.1) is 0 Å². The van der Waals surface area contributed by atoms with E-state index < -0.39 is 0 Å². The number of anilines is 2. The summed E-state index contributed by atoms with van der Waals surface area (Å²) in [5.74, 6) is 0.194. The molecule has 0 bridgehead atoms. The molecular weight excluding hydrogens is 332 g/mol. The second-order valence-electron chi connectivity index (χ2n) is 6.68. The normalized spacial score (nSPS) is 15.5. The molecule has 0 aromatic heterocycles. The van der Waals surface area contributed by atoms with Gasteiger partial charge in [0.15, 0.2) is 5.11 Å². The smallest absolute Gasteiger partial charge is 0.228 e. The van der Waals surface area contributed by atoms with E-state index >= 15 is 0 Å². The summed E-state index contributed by atoms with van der Waals surface area (Å²) in [5, 5.41) is 3.72. The van der Waals surface area contributed by atoms with Crippen LogP contribution in [0.4, 0.5) is 11.4 Å². The molecule has 0 radical (unpaired) electrons. The highest BCUT2D eigenvalue weighted by atomic mass is 35.5. The van der Waals surface area contributed by atoms with Gasteiger partial charge in [-0.05, 0) is 30.4 Å². The van der Waals surface area contributed by atoms with Crippen LogP contribution in [-0.4, -0.2) is 42.1 Å². The van der Waals surface area contributed by atoms with Crippen molar-refractivity contribution in [2.24, 2.45) is 11.1 Å². The topological polar surface area (TPSA) is 61.6 Å². The van der Waals surface area contributed by atoms with Crippen LogP contribution in [0.5, 0.6) is 0 Å². The van der Waals surface area contributed by atoms with Crippen LogP contribution in [0.25, 0.3) is 0 Å². The minimum atomic E-state index is -0.340. The fourth-order valence-electron chi connectivity index (χ4n) is 2.61. The highest BCUT2D eigenvalue weighted by Crippen LogP contribution is 2.30.